The van der Waals surface area contributed by atoms with Gasteiger partial charge in [0.1, 0.15) is 10.8 Å². The van der Waals surface area contributed by atoms with Gasteiger partial charge in [0, 0.05) is 18.0 Å². The zero-order chi connectivity index (χ0) is 18.0. The first-order valence-electron chi connectivity index (χ1n) is 7.60. The highest BCUT2D eigenvalue weighted by atomic mass is 35.5. The van der Waals surface area contributed by atoms with Crippen LogP contribution in [-0.4, -0.2) is 35.0 Å². The average molecular weight is 440 g/mol. The molecule has 0 aliphatic carbocycles. The van der Waals surface area contributed by atoms with Crippen molar-refractivity contribution >= 4 is 63.6 Å². The van der Waals surface area contributed by atoms with E-state index in [4.69, 9.17) is 51.1 Å². The summed E-state index contributed by atoms with van der Waals surface area (Å²) in [5.41, 5.74) is -0.00406. The summed E-state index contributed by atoms with van der Waals surface area (Å²) in [6.45, 7) is 1.60. The maximum Gasteiger partial charge on any atom is 0.274 e. The number of ether oxygens (including phenoxy) is 1. The molecule has 0 radical (unpaired) electrons. The van der Waals surface area contributed by atoms with Crippen molar-refractivity contribution in [3.05, 3.63) is 48.3 Å². The van der Waals surface area contributed by atoms with Crippen LogP contribution in [0, 0.1) is 0 Å². The Hall–Kier alpha value is -0.560. The number of halogens is 4. The third-order valence-corrected chi connectivity index (χ3v) is 6.39. The first-order chi connectivity index (χ1) is 12.0. The molecule has 2 aromatic heterocycles. The summed E-state index contributed by atoms with van der Waals surface area (Å²) in [7, 11) is 0. The molecule has 1 saturated heterocycles. The number of carbonyl (C=O) groups excluding carboxylic acids is 1. The molecule has 1 aliphatic heterocycles. The van der Waals surface area contributed by atoms with Crippen LogP contribution < -0.4 is 0 Å². The first-order valence-corrected chi connectivity index (χ1v) is 9.99. The molecule has 0 spiro atoms. The van der Waals surface area contributed by atoms with Crippen LogP contribution >= 0.6 is 57.7 Å². The summed E-state index contributed by atoms with van der Waals surface area (Å²) in [6, 6.07) is 3.91. The van der Waals surface area contributed by atoms with E-state index in [9.17, 15) is 4.79 Å². The van der Waals surface area contributed by atoms with Crippen molar-refractivity contribution in [2.24, 2.45) is 0 Å². The number of amides is 1. The van der Waals surface area contributed by atoms with Gasteiger partial charge in [-0.1, -0.05) is 52.5 Å². The van der Waals surface area contributed by atoms with Crippen LogP contribution in [0.4, 0.5) is 0 Å². The van der Waals surface area contributed by atoms with Crippen LogP contribution in [-0.2, 0) is 11.3 Å². The maximum atomic E-state index is 13.1. The van der Waals surface area contributed by atoms with Crippen molar-refractivity contribution in [1.29, 1.82) is 0 Å². The second-order valence-corrected chi connectivity index (χ2v) is 8.12. The molecule has 9 heteroatoms. The highest BCUT2D eigenvalue weighted by Gasteiger charge is 2.28. The molecule has 1 fully saturated rings. The lowest BCUT2D eigenvalue weighted by Gasteiger charge is -2.25. The fraction of sp³-hybridized carbons (Fsp3) is 0.375. The van der Waals surface area contributed by atoms with Crippen molar-refractivity contribution < 1.29 is 9.53 Å². The average Bonchev–Trinajstić information content (AvgIpc) is 3.29. The van der Waals surface area contributed by atoms with Crippen LogP contribution in [0.1, 0.15) is 28.2 Å². The fourth-order valence-corrected chi connectivity index (χ4v) is 4.15. The molecule has 2 aromatic rings. The number of carbonyl (C=O) groups is 1. The summed E-state index contributed by atoms with van der Waals surface area (Å²) in [5, 5.41) is 1.98. The minimum absolute atomic E-state index is 0.000863. The van der Waals surface area contributed by atoms with Gasteiger partial charge in [0.15, 0.2) is 0 Å². The summed E-state index contributed by atoms with van der Waals surface area (Å²) in [4.78, 5) is 19.8. The van der Waals surface area contributed by atoms with E-state index in [0.717, 1.165) is 17.7 Å². The molecule has 0 N–H and O–H groups in total. The second kappa shape index (κ2) is 8.42. The normalized spacial score (nSPS) is 17.0. The van der Waals surface area contributed by atoms with Gasteiger partial charge in [0.25, 0.3) is 5.91 Å². The van der Waals surface area contributed by atoms with Gasteiger partial charge >= 0.3 is 0 Å². The van der Waals surface area contributed by atoms with E-state index in [0.29, 0.717) is 19.7 Å². The third kappa shape index (κ3) is 4.41. The Bertz CT molecular complexity index is 764. The lowest BCUT2D eigenvalue weighted by molar-refractivity contribution is 0.0505. The topological polar surface area (TPSA) is 42.4 Å². The monoisotopic (exact) mass is 438 g/mol. The molecule has 4 nitrogen and oxygen atoms in total. The molecule has 1 unspecified atom stereocenters. The number of rotatable bonds is 5. The Kier molecular flexibility index (Phi) is 6.47. The SMILES string of the molecule is O=C(c1nc(Cl)c(Cl)c(Cl)c1Cl)N(Cc1cccs1)CC1CCCO1. The Morgan fingerprint density at radius 3 is 2.72 bits per heavy atom. The molecule has 3 rings (SSSR count). The van der Waals surface area contributed by atoms with E-state index in [2.05, 4.69) is 4.98 Å². The fourth-order valence-electron chi connectivity index (χ4n) is 2.62. The van der Waals surface area contributed by atoms with Crippen molar-refractivity contribution in [2.75, 3.05) is 13.2 Å². The molecule has 0 bridgehead atoms. The minimum atomic E-state index is -0.352. The number of aromatic nitrogens is 1. The van der Waals surface area contributed by atoms with E-state index < -0.39 is 0 Å². The maximum absolute atomic E-state index is 13.1. The van der Waals surface area contributed by atoms with E-state index in [-0.39, 0.29) is 37.9 Å². The largest absolute Gasteiger partial charge is 0.376 e. The Morgan fingerprint density at radius 2 is 2.08 bits per heavy atom. The number of hydrogen-bond acceptors (Lipinski definition) is 4. The molecular formula is C16H14Cl4N2O2S. The van der Waals surface area contributed by atoms with Crippen molar-refractivity contribution in [2.45, 2.75) is 25.5 Å². The van der Waals surface area contributed by atoms with Crippen molar-refractivity contribution in [1.82, 2.24) is 9.88 Å². The summed E-state index contributed by atoms with van der Waals surface area (Å²) >= 11 is 25.7. The molecule has 1 amide bonds. The third-order valence-electron chi connectivity index (χ3n) is 3.85. The van der Waals surface area contributed by atoms with E-state index in [1.54, 1.807) is 16.2 Å². The molecule has 134 valence electrons. The Labute approximate surface area is 169 Å². The van der Waals surface area contributed by atoms with E-state index >= 15 is 0 Å². The van der Waals surface area contributed by atoms with Crippen LogP contribution in [0.5, 0.6) is 0 Å². The van der Waals surface area contributed by atoms with Crippen LogP contribution in [0.2, 0.25) is 20.2 Å². The second-order valence-electron chi connectivity index (χ2n) is 5.59. The number of pyridine rings is 1. The quantitative estimate of drug-likeness (QED) is 0.571. The van der Waals surface area contributed by atoms with Gasteiger partial charge < -0.3 is 9.64 Å². The van der Waals surface area contributed by atoms with Crippen LogP contribution in [0.25, 0.3) is 0 Å². The lowest BCUT2D eigenvalue weighted by Crippen LogP contribution is -2.37. The van der Waals surface area contributed by atoms with Crippen molar-refractivity contribution in [3.8, 4) is 0 Å². The number of hydrogen-bond donors (Lipinski definition) is 0. The summed E-state index contributed by atoms with van der Waals surface area (Å²) in [6.07, 6.45) is 1.90. The molecule has 0 saturated carbocycles. The van der Waals surface area contributed by atoms with Gasteiger partial charge in [0.2, 0.25) is 0 Å². The van der Waals surface area contributed by atoms with Crippen LogP contribution in [0.15, 0.2) is 17.5 Å². The molecule has 3 heterocycles. The zero-order valence-corrected chi connectivity index (χ0v) is 16.8. The Balaban J connectivity index is 1.90. The minimum Gasteiger partial charge on any atom is -0.376 e. The summed E-state index contributed by atoms with van der Waals surface area (Å²) < 4.78 is 5.67. The molecule has 25 heavy (non-hydrogen) atoms. The standard InChI is InChI=1S/C16H14Cl4N2O2S/c17-11-12(18)14(21-15(20)13(11)19)16(23)22(7-9-3-1-5-24-9)8-10-4-2-6-25-10/h2,4,6,9H,1,3,5,7-8H2. The van der Waals surface area contributed by atoms with Gasteiger partial charge in [-0.2, -0.15) is 0 Å². The smallest absolute Gasteiger partial charge is 0.274 e. The van der Waals surface area contributed by atoms with Gasteiger partial charge in [-0.05, 0) is 24.3 Å². The van der Waals surface area contributed by atoms with Gasteiger partial charge in [0.05, 0.1) is 27.7 Å². The zero-order valence-electron chi connectivity index (χ0n) is 13.0. The highest BCUT2D eigenvalue weighted by molar-refractivity contribution is 7.09. The lowest BCUT2D eigenvalue weighted by atomic mass is 10.2. The number of thiophene rings is 1. The number of nitrogens with zero attached hydrogens (tertiary/aromatic N) is 2. The predicted molar refractivity (Wildman–Crippen MR) is 102 cm³/mol. The van der Waals surface area contributed by atoms with Gasteiger partial charge in [-0.25, -0.2) is 4.98 Å². The van der Waals surface area contributed by atoms with Crippen molar-refractivity contribution in [3.63, 3.8) is 0 Å². The van der Waals surface area contributed by atoms with Crippen LogP contribution in [0.3, 0.4) is 0 Å². The molecule has 1 aliphatic rings. The van der Waals surface area contributed by atoms with E-state index in [1.807, 2.05) is 17.5 Å². The predicted octanol–water partition coefficient (Wildman–Crippen LogP) is 5.58. The Morgan fingerprint density at radius 1 is 1.28 bits per heavy atom. The summed E-state index contributed by atoms with van der Waals surface area (Å²) in [5.74, 6) is -0.352. The highest BCUT2D eigenvalue weighted by Crippen LogP contribution is 2.36. The molecular weight excluding hydrogens is 426 g/mol. The first kappa shape index (κ1) is 19.2. The van der Waals surface area contributed by atoms with Gasteiger partial charge in [-0.3, -0.25) is 4.79 Å². The van der Waals surface area contributed by atoms with E-state index in [1.165, 1.54) is 0 Å². The molecule has 0 aromatic carbocycles. The van der Waals surface area contributed by atoms with Gasteiger partial charge in [-0.15, -0.1) is 11.3 Å². The molecule has 1 atom stereocenters.